The predicted molar refractivity (Wildman–Crippen MR) is 79.3 cm³/mol. The zero-order valence-electron chi connectivity index (χ0n) is 12.8. The number of carbonyl (C=O) groups excluding carboxylic acids is 2. The molecule has 0 saturated carbocycles. The van der Waals surface area contributed by atoms with Crippen molar-refractivity contribution in [3.8, 4) is 0 Å². The molecule has 0 atom stereocenters. The van der Waals surface area contributed by atoms with Crippen molar-refractivity contribution in [3.05, 3.63) is 47.5 Å². The molecule has 0 unspecified atom stereocenters. The Morgan fingerprint density at radius 3 is 1.71 bits per heavy atom. The summed E-state index contributed by atoms with van der Waals surface area (Å²) in [5.74, 6) is -0.760. The van der Waals surface area contributed by atoms with Gasteiger partial charge in [-0.2, -0.15) is 0 Å². The lowest BCUT2D eigenvalue weighted by molar-refractivity contribution is -0.118. The number of allylic oxidation sites excluding steroid dienone is 7. The first-order valence-electron chi connectivity index (χ1n) is 7.14. The molecule has 0 aromatic heterocycles. The van der Waals surface area contributed by atoms with Crippen LogP contribution in [0.4, 0.5) is 0 Å². The zero-order chi connectivity index (χ0) is 15.6. The molecule has 0 aromatic rings. The predicted octanol–water partition coefficient (Wildman–Crippen LogP) is 2.87. The van der Waals surface area contributed by atoms with Gasteiger partial charge >= 0.3 is 0 Å². The molecule has 2 aliphatic rings. The second-order valence-corrected chi connectivity index (χ2v) is 5.58. The van der Waals surface area contributed by atoms with Gasteiger partial charge in [0.25, 0.3) is 0 Å². The molecule has 4 nitrogen and oxygen atoms in total. The summed E-state index contributed by atoms with van der Waals surface area (Å²) in [6, 6.07) is 0. The minimum Gasteiger partial charge on any atom is -0.483 e. The Labute approximate surface area is 124 Å². The molecule has 0 aromatic carbocycles. The van der Waals surface area contributed by atoms with E-state index in [0.717, 1.165) is 0 Å². The average Bonchev–Trinajstić information content (AvgIpc) is 2.96. The lowest BCUT2D eigenvalue weighted by atomic mass is 10.0. The third-order valence-electron chi connectivity index (χ3n) is 2.95. The molecule has 0 saturated heterocycles. The summed E-state index contributed by atoms with van der Waals surface area (Å²) >= 11 is 0. The highest BCUT2D eigenvalue weighted by molar-refractivity contribution is 6.36. The molecule has 4 heteroatoms. The second kappa shape index (κ2) is 6.12. The maximum atomic E-state index is 12.4. The smallest absolute Gasteiger partial charge is 0.235 e. The maximum Gasteiger partial charge on any atom is 0.235 e. The van der Waals surface area contributed by atoms with Gasteiger partial charge in [0.15, 0.2) is 0 Å². The van der Waals surface area contributed by atoms with E-state index in [0.29, 0.717) is 0 Å². The molecular formula is C17H20O4. The molecule has 0 heterocycles. The van der Waals surface area contributed by atoms with Crippen molar-refractivity contribution in [1.82, 2.24) is 0 Å². The van der Waals surface area contributed by atoms with Gasteiger partial charge in [0.2, 0.25) is 23.1 Å². The van der Waals surface area contributed by atoms with Crippen LogP contribution in [0.15, 0.2) is 47.5 Å². The molecule has 0 aliphatic heterocycles. The van der Waals surface area contributed by atoms with Gasteiger partial charge in [0, 0.05) is 5.92 Å². The number of Topliss-reactive ketones (excluding diaryl/α,β-unsaturated/α-hetero) is 2. The first-order valence-corrected chi connectivity index (χ1v) is 7.14. The van der Waals surface area contributed by atoms with E-state index in [9.17, 15) is 9.59 Å². The molecule has 2 aliphatic carbocycles. The summed E-state index contributed by atoms with van der Waals surface area (Å²) in [4.78, 5) is 24.9. The molecule has 0 N–H and O–H groups in total. The first kappa shape index (κ1) is 15.3. The first-order chi connectivity index (χ1) is 9.90. The second-order valence-electron chi connectivity index (χ2n) is 5.58. The van der Waals surface area contributed by atoms with Crippen LogP contribution in [-0.2, 0) is 19.1 Å². The van der Waals surface area contributed by atoms with Crippen molar-refractivity contribution in [1.29, 1.82) is 0 Å². The van der Waals surface area contributed by atoms with Crippen LogP contribution in [0.5, 0.6) is 0 Å². The highest BCUT2D eigenvalue weighted by atomic mass is 16.5. The standard InChI is InChI=1S/C17H20O4/c1-10(2)20-16-14(18)13(9-12-7-5-6-8-12)15(19)17(16)21-11(3)4/h5-12H,1-4H3. The van der Waals surface area contributed by atoms with Crippen molar-refractivity contribution >= 4 is 11.6 Å². The fourth-order valence-electron chi connectivity index (χ4n) is 2.14. The quantitative estimate of drug-likeness (QED) is 0.576. The molecule has 21 heavy (non-hydrogen) atoms. The van der Waals surface area contributed by atoms with Crippen LogP contribution in [0, 0.1) is 5.92 Å². The Morgan fingerprint density at radius 1 is 0.905 bits per heavy atom. The monoisotopic (exact) mass is 288 g/mol. The molecule has 0 bridgehead atoms. The van der Waals surface area contributed by atoms with Gasteiger partial charge in [-0.25, -0.2) is 0 Å². The molecule has 0 radical (unpaired) electrons. The van der Waals surface area contributed by atoms with Gasteiger partial charge in [-0.15, -0.1) is 0 Å². The number of hydrogen-bond acceptors (Lipinski definition) is 4. The average molecular weight is 288 g/mol. The Kier molecular flexibility index (Phi) is 4.46. The molecule has 0 amide bonds. The van der Waals surface area contributed by atoms with Crippen molar-refractivity contribution in [2.75, 3.05) is 0 Å². The summed E-state index contributed by atoms with van der Waals surface area (Å²) in [5.41, 5.74) is 0.127. The maximum absolute atomic E-state index is 12.4. The third kappa shape index (κ3) is 3.32. The highest BCUT2D eigenvalue weighted by Gasteiger charge is 2.40. The largest absolute Gasteiger partial charge is 0.483 e. The van der Waals surface area contributed by atoms with Crippen LogP contribution in [0.25, 0.3) is 0 Å². The summed E-state index contributed by atoms with van der Waals surface area (Å²) in [5, 5.41) is 0. The SMILES string of the molecule is CC(C)OC1=C(OC(C)C)C(=O)C(=CC2C=CC=C2)C1=O. The van der Waals surface area contributed by atoms with Gasteiger partial charge in [-0.1, -0.05) is 30.4 Å². The summed E-state index contributed by atoms with van der Waals surface area (Å²) in [6.45, 7) is 7.23. The lowest BCUT2D eigenvalue weighted by Crippen LogP contribution is -2.11. The summed E-state index contributed by atoms with van der Waals surface area (Å²) in [6.07, 6.45) is 8.86. The topological polar surface area (TPSA) is 52.6 Å². The molecule has 112 valence electrons. The van der Waals surface area contributed by atoms with Crippen LogP contribution in [0.1, 0.15) is 27.7 Å². The summed E-state index contributed by atoms with van der Waals surface area (Å²) in [7, 11) is 0. The van der Waals surface area contributed by atoms with Gasteiger partial charge in [-0.3, -0.25) is 9.59 Å². The molecule has 2 rings (SSSR count). The number of ether oxygens (including phenoxy) is 2. The Balaban J connectivity index is 2.34. The minimum absolute atomic E-state index is 0.0286. The number of carbonyl (C=O) groups is 2. The van der Waals surface area contributed by atoms with Crippen molar-refractivity contribution in [2.24, 2.45) is 5.92 Å². The number of hydrogen-bond donors (Lipinski definition) is 0. The van der Waals surface area contributed by atoms with Crippen molar-refractivity contribution < 1.29 is 19.1 Å². The van der Waals surface area contributed by atoms with Gasteiger partial charge in [0.1, 0.15) is 0 Å². The van der Waals surface area contributed by atoms with Crippen molar-refractivity contribution in [3.63, 3.8) is 0 Å². The van der Waals surface area contributed by atoms with E-state index in [2.05, 4.69) is 0 Å². The van der Waals surface area contributed by atoms with E-state index < -0.39 is 11.6 Å². The summed E-state index contributed by atoms with van der Waals surface area (Å²) < 4.78 is 11.0. The number of ketones is 2. The fraction of sp³-hybridized carbons (Fsp3) is 0.412. The Bertz CT molecular complexity index is 528. The van der Waals surface area contributed by atoms with Crippen LogP contribution >= 0.6 is 0 Å². The minimum atomic E-state index is -0.391. The van der Waals surface area contributed by atoms with Gasteiger partial charge in [0.05, 0.1) is 17.8 Å². The molecule has 0 fully saturated rings. The van der Waals surface area contributed by atoms with E-state index in [4.69, 9.17) is 9.47 Å². The molecule has 0 spiro atoms. The zero-order valence-corrected chi connectivity index (χ0v) is 12.8. The number of rotatable bonds is 5. The molecular weight excluding hydrogens is 268 g/mol. The van der Waals surface area contributed by atoms with E-state index >= 15 is 0 Å². The van der Waals surface area contributed by atoms with Crippen LogP contribution in [-0.4, -0.2) is 23.8 Å². The Hall–Kier alpha value is -2.10. The van der Waals surface area contributed by atoms with Crippen LogP contribution in [0.3, 0.4) is 0 Å². The van der Waals surface area contributed by atoms with Gasteiger partial charge < -0.3 is 9.47 Å². The van der Waals surface area contributed by atoms with Crippen LogP contribution in [0.2, 0.25) is 0 Å². The van der Waals surface area contributed by atoms with Crippen molar-refractivity contribution in [2.45, 2.75) is 39.9 Å². The Morgan fingerprint density at radius 2 is 1.33 bits per heavy atom. The third-order valence-corrected chi connectivity index (χ3v) is 2.95. The highest BCUT2D eigenvalue weighted by Crippen LogP contribution is 2.30. The fourth-order valence-corrected chi connectivity index (χ4v) is 2.14. The van der Waals surface area contributed by atoms with E-state index in [1.165, 1.54) is 0 Å². The normalized spacial score (nSPS) is 18.7. The van der Waals surface area contributed by atoms with Crippen LogP contribution < -0.4 is 0 Å². The van der Waals surface area contributed by atoms with E-state index in [-0.39, 0.29) is 35.2 Å². The van der Waals surface area contributed by atoms with Gasteiger partial charge in [-0.05, 0) is 27.7 Å². The van der Waals surface area contributed by atoms with E-state index in [1.54, 1.807) is 6.08 Å². The lowest BCUT2D eigenvalue weighted by Gasteiger charge is -2.13. The van der Waals surface area contributed by atoms with E-state index in [1.807, 2.05) is 52.0 Å².